The van der Waals surface area contributed by atoms with Gasteiger partial charge < -0.3 is 5.32 Å². The van der Waals surface area contributed by atoms with Crippen LogP contribution in [0.1, 0.15) is 11.8 Å². The highest BCUT2D eigenvalue weighted by Gasteiger charge is 2.19. The molecule has 15 heavy (non-hydrogen) atoms. The third kappa shape index (κ3) is 3.25. The van der Waals surface area contributed by atoms with Crippen molar-refractivity contribution >= 4 is 37.3 Å². The van der Waals surface area contributed by atoms with Crippen LogP contribution in [-0.2, 0) is 16.6 Å². The Morgan fingerprint density at radius 3 is 2.73 bits per heavy atom. The van der Waals surface area contributed by atoms with Crippen LogP contribution in [-0.4, -0.2) is 22.0 Å². The van der Waals surface area contributed by atoms with Gasteiger partial charge in [0, 0.05) is 18.0 Å². The molecule has 1 aromatic rings. The average molecular weight is 313 g/mol. The molecule has 0 spiro atoms. The Labute approximate surface area is 102 Å². The number of hydrogen-bond acceptors (Lipinski definition) is 4. The van der Waals surface area contributed by atoms with Crippen molar-refractivity contribution < 1.29 is 8.42 Å². The first-order chi connectivity index (χ1) is 7.01. The average Bonchev–Trinajstić information content (AvgIpc) is 2.48. The molecule has 0 aliphatic rings. The molecular formula is C8H13BrN2O2S2. The van der Waals surface area contributed by atoms with Crippen LogP contribution in [0.25, 0.3) is 0 Å². The van der Waals surface area contributed by atoms with Crippen molar-refractivity contribution in [2.45, 2.75) is 18.4 Å². The Hall–Kier alpha value is 0.0500. The van der Waals surface area contributed by atoms with Gasteiger partial charge in [0.25, 0.3) is 0 Å². The molecule has 0 aliphatic carbocycles. The van der Waals surface area contributed by atoms with E-state index in [1.807, 2.05) is 7.05 Å². The number of nitrogens with one attached hydrogen (secondary N) is 2. The largest absolute Gasteiger partial charge is 0.315 e. The highest BCUT2D eigenvalue weighted by atomic mass is 79.9. The summed E-state index contributed by atoms with van der Waals surface area (Å²) >= 11 is 4.69. The van der Waals surface area contributed by atoms with E-state index in [0.29, 0.717) is 21.8 Å². The van der Waals surface area contributed by atoms with Gasteiger partial charge in [0.1, 0.15) is 4.90 Å². The van der Waals surface area contributed by atoms with Crippen molar-refractivity contribution in [3.05, 3.63) is 14.7 Å². The third-order valence-electron chi connectivity index (χ3n) is 1.68. The first-order valence-electron chi connectivity index (χ1n) is 4.43. The maximum absolute atomic E-state index is 11.7. The van der Waals surface area contributed by atoms with Crippen molar-refractivity contribution in [3.63, 3.8) is 0 Å². The van der Waals surface area contributed by atoms with E-state index in [4.69, 9.17) is 0 Å². The summed E-state index contributed by atoms with van der Waals surface area (Å²) in [7, 11) is -1.53. The van der Waals surface area contributed by atoms with Crippen LogP contribution < -0.4 is 10.0 Å². The summed E-state index contributed by atoms with van der Waals surface area (Å²) in [6.07, 6.45) is 0. The van der Waals surface area contributed by atoms with Gasteiger partial charge in [-0.05, 0) is 29.0 Å². The van der Waals surface area contributed by atoms with E-state index in [9.17, 15) is 8.42 Å². The zero-order valence-electron chi connectivity index (χ0n) is 8.50. The number of hydrogen-bond donors (Lipinski definition) is 2. The van der Waals surface area contributed by atoms with Gasteiger partial charge in [-0.2, -0.15) is 0 Å². The van der Waals surface area contributed by atoms with Gasteiger partial charge in [0.05, 0.1) is 3.79 Å². The van der Waals surface area contributed by atoms with Crippen LogP contribution in [0.5, 0.6) is 0 Å². The summed E-state index contributed by atoms with van der Waals surface area (Å²) < 4.78 is 26.5. The van der Waals surface area contributed by atoms with Gasteiger partial charge in [0.2, 0.25) is 10.0 Å². The molecule has 7 heteroatoms. The highest BCUT2D eigenvalue weighted by Crippen LogP contribution is 2.31. The van der Waals surface area contributed by atoms with Crippen molar-refractivity contribution in [2.75, 3.05) is 13.6 Å². The monoisotopic (exact) mass is 312 g/mol. The minimum atomic E-state index is -3.35. The predicted octanol–water partition coefficient (Wildman–Crippen LogP) is 1.53. The lowest BCUT2D eigenvalue weighted by atomic mass is 10.5. The molecule has 1 heterocycles. The number of sulfonamides is 1. The standard InChI is InChI=1S/C8H13BrN2O2S2/c1-3-11-15(12,13)7-4-6(5-10-2)14-8(7)9/h4,10-11H,3,5H2,1-2H3. The molecule has 0 aliphatic heterocycles. The molecule has 0 saturated heterocycles. The Kier molecular flexibility index (Phi) is 4.72. The molecule has 0 atom stereocenters. The topological polar surface area (TPSA) is 58.2 Å². The van der Waals surface area contributed by atoms with Crippen molar-refractivity contribution in [2.24, 2.45) is 0 Å². The molecule has 86 valence electrons. The van der Waals surface area contributed by atoms with Gasteiger partial charge in [-0.25, -0.2) is 13.1 Å². The van der Waals surface area contributed by atoms with E-state index in [-0.39, 0.29) is 0 Å². The van der Waals surface area contributed by atoms with E-state index in [0.717, 1.165) is 4.88 Å². The summed E-state index contributed by atoms with van der Waals surface area (Å²) in [5.41, 5.74) is 0. The van der Waals surface area contributed by atoms with Gasteiger partial charge in [-0.3, -0.25) is 0 Å². The van der Waals surface area contributed by atoms with Crippen LogP contribution in [0.2, 0.25) is 0 Å². The van der Waals surface area contributed by atoms with Crippen molar-refractivity contribution in [3.8, 4) is 0 Å². The van der Waals surface area contributed by atoms with Crippen molar-refractivity contribution in [1.29, 1.82) is 0 Å². The van der Waals surface area contributed by atoms with E-state index < -0.39 is 10.0 Å². The Morgan fingerprint density at radius 1 is 1.53 bits per heavy atom. The second kappa shape index (κ2) is 5.40. The molecule has 0 saturated carbocycles. The molecular weight excluding hydrogens is 300 g/mol. The molecule has 1 aromatic heterocycles. The second-order valence-electron chi connectivity index (χ2n) is 2.88. The summed E-state index contributed by atoms with van der Waals surface area (Å²) in [5, 5.41) is 2.98. The lowest BCUT2D eigenvalue weighted by Gasteiger charge is -2.01. The molecule has 4 nitrogen and oxygen atoms in total. The number of thiophene rings is 1. The van der Waals surface area contributed by atoms with Gasteiger partial charge in [-0.15, -0.1) is 11.3 Å². The molecule has 0 amide bonds. The SMILES string of the molecule is CCNS(=O)(=O)c1cc(CNC)sc1Br. The van der Waals surface area contributed by atoms with Crippen LogP contribution in [0.4, 0.5) is 0 Å². The van der Waals surface area contributed by atoms with E-state index in [1.165, 1.54) is 11.3 Å². The quantitative estimate of drug-likeness (QED) is 0.867. The first-order valence-corrected chi connectivity index (χ1v) is 7.53. The fraction of sp³-hybridized carbons (Fsp3) is 0.500. The fourth-order valence-electron chi connectivity index (χ4n) is 1.11. The van der Waals surface area contributed by atoms with Crippen LogP contribution in [0.3, 0.4) is 0 Å². The highest BCUT2D eigenvalue weighted by molar-refractivity contribution is 9.11. The number of halogens is 1. The minimum absolute atomic E-state index is 0.319. The normalized spacial score (nSPS) is 11.9. The molecule has 0 radical (unpaired) electrons. The smallest absolute Gasteiger partial charge is 0.242 e. The molecule has 0 bridgehead atoms. The van der Waals surface area contributed by atoms with E-state index >= 15 is 0 Å². The molecule has 0 unspecified atom stereocenters. The van der Waals surface area contributed by atoms with E-state index in [2.05, 4.69) is 26.0 Å². The number of rotatable bonds is 5. The molecule has 1 rings (SSSR count). The first kappa shape index (κ1) is 13.1. The lowest BCUT2D eigenvalue weighted by molar-refractivity contribution is 0.584. The lowest BCUT2D eigenvalue weighted by Crippen LogP contribution is -2.22. The maximum Gasteiger partial charge on any atom is 0.242 e. The van der Waals surface area contributed by atoms with Gasteiger partial charge in [-0.1, -0.05) is 6.92 Å². The molecule has 0 aromatic carbocycles. The van der Waals surface area contributed by atoms with Crippen LogP contribution in [0, 0.1) is 0 Å². The van der Waals surface area contributed by atoms with Gasteiger partial charge in [0.15, 0.2) is 0 Å². The van der Waals surface area contributed by atoms with Gasteiger partial charge >= 0.3 is 0 Å². The third-order valence-corrected chi connectivity index (χ3v) is 5.48. The van der Waals surface area contributed by atoms with Crippen molar-refractivity contribution in [1.82, 2.24) is 10.0 Å². The minimum Gasteiger partial charge on any atom is -0.315 e. The molecule has 0 fully saturated rings. The molecule has 2 N–H and O–H groups in total. The summed E-state index contributed by atoms with van der Waals surface area (Å²) in [6.45, 7) is 2.82. The van der Waals surface area contributed by atoms with E-state index in [1.54, 1.807) is 13.0 Å². The predicted molar refractivity (Wildman–Crippen MR) is 65.6 cm³/mol. The Bertz CT molecular complexity index is 428. The Balaban J connectivity index is 3.04. The zero-order valence-corrected chi connectivity index (χ0v) is 11.7. The summed E-state index contributed by atoms with van der Waals surface area (Å²) in [4.78, 5) is 1.31. The second-order valence-corrected chi connectivity index (χ2v) is 7.07. The Morgan fingerprint density at radius 2 is 2.20 bits per heavy atom. The summed E-state index contributed by atoms with van der Waals surface area (Å²) in [5.74, 6) is 0. The maximum atomic E-state index is 11.7. The fourth-order valence-corrected chi connectivity index (χ4v) is 4.84. The summed E-state index contributed by atoms with van der Waals surface area (Å²) in [6, 6.07) is 1.68. The van der Waals surface area contributed by atoms with Crippen LogP contribution in [0.15, 0.2) is 14.7 Å². The zero-order chi connectivity index (χ0) is 11.5. The van der Waals surface area contributed by atoms with Crippen LogP contribution >= 0.6 is 27.3 Å².